The lowest BCUT2D eigenvalue weighted by Gasteiger charge is -2.35. The second kappa shape index (κ2) is 5.91. The van der Waals surface area contributed by atoms with Gasteiger partial charge in [0.25, 0.3) is 0 Å². The van der Waals surface area contributed by atoms with E-state index in [1.165, 1.54) is 6.20 Å². The van der Waals surface area contributed by atoms with Gasteiger partial charge in [0, 0.05) is 43.8 Å². The second-order valence-corrected chi connectivity index (χ2v) is 6.83. The lowest BCUT2D eigenvalue weighted by atomic mass is 10.0. The molecule has 27 heavy (non-hydrogen) atoms. The van der Waals surface area contributed by atoms with Gasteiger partial charge in [0.05, 0.1) is 10.9 Å². The minimum absolute atomic E-state index is 0.202. The smallest absolute Gasteiger partial charge is 0.381 e. The number of H-pyrrole nitrogens is 1. The number of nitrogens with one attached hydrogen (secondary N) is 1. The van der Waals surface area contributed by atoms with Crippen LogP contribution in [-0.2, 0) is 17.5 Å². The van der Waals surface area contributed by atoms with Crippen LogP contribution in [0, 0.1) is 0 Å². The first-order valence-corrected chi connectivity index (χ1v) is 8.76. The minimum Gasteiger partial charge on any atom is -0.381 e. The van der Waals surface area contributed by atoms with Gasteiger partial charge < -0.3 is 9.64 Å². The van der Waals surface area contributed by atoms with E-state index in [2.05, 4.69) is 25.1 Å². The average Bonchev–Trinajstić information content (AvgIpc) is 3.04. The molecule has 0 radical (unpaired) electrons. The number of nitrogens with zero attached hydrogens (tertiary/aromatic N) is 4. The Morgan fingerprint density at radius 3 is 2.78 bits per heavy atom. The van der Waals surface area contributed by atoms with Crippen LogP contribution >= 0.6 is 0 Å². The molecule has 140 valence electrons. The number of hydrogen-bond acceptors (Lipinski definition) is 5. The van der Waals surface area contributed by atoms with Crippen LogP contribution in [0.5, 0.6) is 0 Å². The molecule has 0 unspecified atom stereocenters. The van der Waals surface area contributed by atoms with E-state index in [0.717, 1.165) is 35.6 Å². The number of alkyl halides is 3. The van der Waals surface area contributed by atoms with Crippen molar-refractivity contribution in [3.8, 4) is 11.3 Å². The summed E-state index contributed by atoms with van der Waals surface area (Å²) in [4.78, 5) is 10.4. The summed E-state index contributed by atoms with van der Waals surface area (Å²) in [7, 11) is 0. The zero-order valence-corrected chi connectivity index (χ0v) is 14.3. The van der Waals surface area contributed by atoms with E-state index >= 15 is 0 Å². The van der Waals surface area contributed by atoms with Gasteiger partial charge in [0.2, 0.25) is 0 Å². The number of ether oxygens (including phenoxy) is 1. The molecule has 0 aromatic carbocycles. The van der Waals surface area contributed by atoms with Crippen LogP contribution in [0.15, 0.2) is 24.5 Å². The number of halogens is 3. The van der Waals surface area contributed by atoms with E-state index in [-0.39, 0.29) is 6.04 Å². The van der Waals surface area contributed by atoms with E-state index in [9.17, 15) is 13.2 Å². The Bertz CT molecular complexity index is 1010. The van der Waals surface area contributed by atoms with Crippen molar-refractivity contribution in [3.05, 3.63) is 35.8 Å². The zero-order valence-electron chi connectivity index (χ0n) is 14.3. The highest BCUT2D eigenvalue weighted by molar-refractivity contribution is 6.02. The van der Waals surface area contributed by atoms with Crippen molar-refractivity contribution >= 4 is 16.7 Å². The first-order valence-electron chi connectivity index (χ1n) is 8.76. The summed E-state index contributed by atoms with van der Waals surface area (Å²) in [5.74, 6) is 0.743. The zero-order chi connectivity index (χ0) is 18.6. The van der Waals surface area contributed by atoms with Crippen LogP contribution in [-0.4, -0.2) is 39.4 Å². The minimum atomic E-state index is -4.51. The molecule has 0 bridgehead atoms. The molecule has 3 aromatic heterocycles. The molecule has 3 aromatic rings. The van der Waals surface area contributed by atoms with E-state index in [1.54, 1.807) is 12.3 Å². The number of rotatable bonds is 1. The van der Waals surface area contributed by atoms with Gasteiger partial charge in [-0.1, -0.05) is 0 Å². The maximum atomic E-state index is 13.2. The highest BCUT2D eigenvalue weighted by Gasteiger charge is 2.35. The molecular weight excluding hydrogens is 359 g/mol. The summed E-state index contributed by atoms with van der Waals surface area (Å²) in [5.41, 5.74) is 1.49. The number of pyridine rings is 2. The molecule has 0 aliphatic carbocycles. The summed E-state index contributed by atoms with van der Waals surface area (Å²) in [6, 6.07) is 3.08. The fraction of sp³-hybridized carbons (Fsp3) is 0.389. The Labute approximate surface area is 152 Å². The summed E-state index contributed by atoms with van der Waals surface area (Å²) in [5, 5.41) is 8.00. The van der Waals surface area contributed by atoms with Crippen LogP contribution in [0.25, 0.3) is 22.2 Å². The molecule has 0 saturated carbocycles. The van der Waals surface area contributed by atoms with Gasteiger partial charge in [-0.05, 0) is 30.5 Å². The third-order valence-electron chi connectivity index (χ3n) is 5.23. The molecule has 9 heteroatoms. The molecule has 5 heterocycles. The Morgan fingerprint density at radius 1 is 1.19 bits per heavy atom. The van der Waals surface area contributed by atoms with Gasteiger partial charge >= 0.3 is 6.18 Å². The Kier molecular flexibility index (Phi) is 3.61. The van der Waals surface area contributed by atoms with Crippen molar-refractivity contribution in [1.29, 1.82) is 0 Å². The normalized spacial score (nSPS) is 17.8. The van der Waals surface area contributed by atoms with Crippen molar-refractivity contribution in [2.45, 2.75) is 31.6 Å². The predicted octanol–water partition coefficient (Wildman–Crippen LogP) is 3.54. The largest absolute Gasteiger partial charge is 0.433 e. The third-order valence-corrected chi connectivity index (χ3v) is 5.23. The van der Waals surface area contributed by atoms with Gasteiger partial charge in [-0.15, -0.1) is 0 Å². The van der Waals surface area contributed by atoms with Crippen LogP contribution in [0.3, 0.4) is 0 Å². The SMILES string of the molecule is FC(F)(F)c1cc2c(cn1)CN(C1CCOCC1)c1nccc3[nH]nc-2c13. The van der Waals surface area contributed by atoms with Gasteiger partial charge in [-0.25, -0.2) is 4.98 Å². The molecule has 0 amide bonds. The Morgan fingerprint density at radius 2 is 2.00 bits per heavy atom. The molecule has 0 atom stereocenters. The van der Waals surface area contributed by atoms with Gasteiger partial charge in [0.15, 0.2) is 0 Å². The van der Waals surface area contributed by atoms with E-state index in [4.69, 9.17) is 4.74 Å². The van der Waals surface area contributed by atoms with Crippen LogP contribution in [0.1, 0.15) is 24.1 Å². The van der Waals surface area contributed by atoms with Crippen molar-refractivity contribution in [2.75, 3.05) is 18.1 Å². The molecule has 6 nitrogen and oxygen atoms in total. The highest BCUT2D eigenvalue weighted by atomic mass is 19.4. The molecule has 0 spiro atoms. The number of anilines is 1. The van der Waals surface area contributed by atoms with E-state index in [1.807, 2.05) is 0 Å². The topological polar surface area (TPSA) is 66.9 Å². The first kappa shape index (κ1) is 16.5. The number of aromatic amines is 1. The summed E-state index contributed by atoms with van der Waals surface area (Å²) >= 11 is 0. The van der Waals surface area contributed by atoms with E-state index < -0.39 is 11.9 Å². The van der Waals surface area contributed by atoms with E-state index in [0.29, 0.717) is 36.6 Å². The molecular formula is C18H16F3N5O. The number of hydrogen-bond donors (Lipinski definition) is 1. The molecule has 1 fully saturated rings. The quantitative estimate of drug-likeness (QED) is 0.705. The first-order chi connectivity index (χ1) is 13.0. The molecule has 1 saturated heterocycles. The van der Waals surface area contributed by atoms with Crippen LogP contribution < -0.4 is 4.90 Å². The molecule has 2 aliphatic rings. The van der Waals surface area contributed by atoms with Crippen molar-refractivity contribution in [2.24, 2.45) is 0 Å². The lowest BCUT2D eigenvalue weighted by molar-refractivity contribution is -0.141. The van der Waals surface area contributed by atoms with Crippen LogP contribution in [0.4, 0.5) is 19.0 Å². The second-order valence-electron chi connectivity index (χ2n) is 6.83. The highest BCUT2D eigenvalue weighted by Crippen LogP contribution is 2.41. The predicted molar refractivity (Wildman–Crippen MR) is 92.1 cm³/mol. The summed E-state index contributed by atoms with van der Waals surface area (Å²) in [6.07, 6.45) is 0.191. The Hall–Kier alpha value is -2.68. The average molecular weight is 375 g/mol. The maximum absolute atomic E-state index is 13.2. The monoisotopic (exact) mass is 375 g/mol. The Balaban J connectivity index is 1.73. The lowest BCUT2D eigenvalue weighted by Crippen LogP contribution is -2.39. The fourth-order valence-electron chi connectivity index (χ4n) is 3.90. The molecule has 1 N–H and O–H groups in total. The standard InChI is InChI=1S/C18H16F3N5O/c19-18(20,21)14-7-12-10(8-23-14)9-26(11-2-5-27-6-3-11)17-15-13(1-4-22-17)24-25-16(12)15/h1,4,7-8,11H,2-3,5-6,9H2,(H,24,25). The van der Waals surface area contributed by atoms with Crippen LogP contribution in [0.2, 0.25) is 0 Å². The molecule has 2 aliphatic heterocycles. The van der Waals surface area contributed by atoms with Crippen molar-refractivity contribution in [3.63, 3.8) is 0 Å². The fourth-order valence-corrected chi connectivity index (χ4v) is 3.90. The molecule has 5 rings (SSSR count). The summed E-state index contributed by atoms with van der Waals surface area (Å²) in [6.45, 7) is 1.76. The number of fused-ring (bicyclic) bond motifs is 2. The summed E-state index contributed by atoms with van der Waals surface area (Å²) < 4.78 is 45.1. The van der Waals surface area contributed by atoms with Crippen molar-refractivity contribution < 1.29 is 17.9 Å². The third kappa shape index (κ3) is 2.64. The number of aromatic nitrogens is 4. The van der Waals surface area contributed by atoms with Crippen molar-refractivity contribution in [1.82, 2.24) is 20.2 Å². The van der Waals surface area contributed by atoms with Gasteiger partial charge in [-0.3, -0.25) is 10.1 Å². The van der Waals surface area contributed by atoms with Gasteiger partial charge in [-0.2, -0.15) is 18.3 Å². The maximum Gasteiger partial charge on any atom is 0.433 e. The van der Waals surface area contributed by atoms with Gasteiger partial charge in [0.1, 0.15) is 17.2 Å².